The monoisotopic (exact) mass is 481 g/mol. The summed E-state index contributed by atoms with van der Waals surface area (Å²) in [4.78, 5) is 16.4. The molecule has 1 aliphatic carbocycles. The van der Waals surface area contributed by atoms with Crippen LogP contribution in [0.4, 0.5) is 5.69 Å². The summed E-state index contributed by atoms with van der Waals surface area (Å²) in [6.07, 6.45) is 5.24. The third kappa shape index (κ3) is 5.67. The first-order valence-corrected chi connectivity index (χ1v) is 12.1. The van der Waals surface area contributed by atoms with Crippen molar-refractivity contribution in [2.75, 3.05) is 4.42 Å². The summed E-state index contributed by atoms with van der Waals surface area (Å²) >= 11 is 6.03. The van der Waals surface area contributed by atoms with E-state index >= 15 is 0 Å². The zero-order valence-corrected chi connectivity index (χ0v) is 19.8. The van der Waals surface area contributed by atoms with Crippen LogP contribution in [0.2, 0.25) is 0 Å². The van der Waals surface area contributed by atoms with E-state index in [1.807, 2.05) is 20.8 Å². The minimum atomic E-state index is -3.77. The van der Waals surface area contributed by atoms with Crippen molar-refractivity contribution >= 4 is 50.2 Å². The van der Waals surface area contributed by atoms with E-state index in [0.717, 1.165) is 4.42 Å². The second-order valence-corrected chi connectivity index (χ2v) is 11.0. The molecule has 174 valence electrons. The van der Waals surface area contributed by atoms with E-state index in [2.05, 4.69) is 9.71 Å². The van der Waals surface area contributed by atoms with Crippen molar-refractivity contribution in [3.63, 3.8) is 0 Å². The van der Waals surface area contributed by atoms with E-state index in [-0.39, 0.29) is 28.8 Å². The maximum atomic E-state index is 13.0. The average molecular weight is 482 g/mol. The number of esters is 1. The molecule has 0 unspecified atom stereocenters. The number of fused-ring (bicyclic) bond motifs is 1. The van der Waals surface area contributed by atoms with Crippen LogP contribution < -0.4 is 14.9 Å². The molecule has 0 bridgehead atoms. The van der Waals surface area contributed by atoms with Crippen LogP contribution in [-0.2, 0) is 19.6 Å². The zero-order chi connectivity index (χ0) is 23.7. The van der Waals surface area contributed by atoms with Gasteiger partial charge >= 0.3 is 5.97 Å². The fourth-order valence-electron chi connectivity index (χ4n) is 3.71. The van der Waals surface area contributed by atoms with E-state index in [9.17, 15) is 13.2 Å². The molecule has 1 heterocycles. The SMILES string of the molecule is CC(C)(C)OC(=O)[C@H]1CC[C@@H](NS(=O)(=O)c2ccc3c(N(Cl)C(=N)N)cncc3c2)CC1. The largest absolute Gasteiger partial charge is 0.460 e. The summed E-state index contributed by atoms with van der Waals surface area (Å²) in [6.45, 7) is 5.49. The van der Waals surface area contributed by atoms with Crippen molar-refractivity contribution in [2.24, 2.45) is 11.7 Å². The van der Waals surface area contributed by atoms with Crippen LogP contribution in [-0.4, -0.2) is 37.0 Å². The third-order valence-electron chi connectivity index (χ3n) is 5.23. The lowest BCUT2D eigenvalue weighted by Gasteiger charge is -2.30. The number of anilines is 1. The van der Waals surface area contributed by atoms with Gasteiger partial charge in [-0.15, -0.1) is 0 Å². The molecule has 1 fully saturated rings. The predicted molar refractivity (Wildman–Crippen MR) is 124 cm³/mol. The number of hydrogen-bond acceptors (Lipinski definition) is 6. The number of sulfonamides is 1. The quantitative estimate of drug-likeness (QED) is 0.258. The number of nitrogens with zero attached hydrogens (tertiary/aromatic N) is 2. The highest BCUT2D eigenvalue weighted by atomic mass is 35.5. The van der Waals surface area contributed by atoms with Gasteiger partial charge in [-0.2, -0.15) is 0 Å². The Labute approximate surface area is 192 Å². The minimum Gasteiger partial charge on any atom is -0.460 e. The van der Waals surface area contributed by atoms with Crippen molar-refractivity contribution < 1.29 is 17.9 Å². The number of hydrogen-bond donors (Lipinski definition) is 3. The van der Waals surface area contributed by atoms with Crippen LogP contribution in [0.1, 0.15) is 46.5 Å². The molecule has 1 saturated carbocycles. The molecule has 2 aromatic rings. The number of ether oxygens (including phenoxy) is 1. The molecular formula is C21H28ClN5O4S. The number of guanidine groups is 1. The van der Waals surface area contributed by atoms with Crippen LogP contribution in [0.3, 0.4) is 0 Å². The number of nitrogens with one attached hydrogen (secondary N) is 2. The summed E-state index contributed by atoms with van der Waals surface area (Å²) in [6, 6.07) is 4.34. The molecule has 1 aromatic heterocycles. The molecule has 1 aliphatic rings. The number of carbonyl (C=O) groups excluding carboxylic acids is 1. The Bertz CT molecular complexity index is 1120. The lowest BCUT2D eigenvalue weighted by atomic mass is 9.86. The van der Waals surface area contributed by atoms with Crippen molar-refractivity contribution in [2.45, 2.75) is 63.0 Å². The topological polar surface area (TPSA) is 138 Å². The van der Waals surface area contributed by atoms with Crippen LogP contribution >= 0.6 is 11.8 Å². The van der Waals surface area contributed by atoms with Gasteiger partial charge in [-0.1, -0.05) is 6.07 Å². The standard InChI is InChI=1S/C21H28ClN5O4S/c1-21(2,3)31-19(28)13-4-6-15(7-5-13)26-32(29,30)16-8-9-17-14(10-16)11-25-12-18(17)27(22)20(23)24/h8-13,15,26H,4-7H2,1-3H3,(H3,23,24)/t13-,15+. The smallest absolute Gasteiger partial charge is 0.309 e. The van der Waals surface area contributed by atoms with Crippen LogP contribution in [0.25, 0.3) is 10.8 Å². The highest BCUT2D eigenvalue weighted by Crippen LogP contribution is 2.30. The third-order valence-corrected chi connectivity index (χ3v) is 7.11. The fourth-order valence-corrected chi connectivity index (χ4v) is 5.19. The average Bonchev–Trinajstić information content (AvgIpc) is 2.71. The molecule has 0 amide bonds. The summed E-state index contributed by atoms with van der Waals surface area (Å²) in [5, 5.41) is 8.65. The molecule has 0 radical (unpaired) electrons. The van der Waals surface area contributed by atoms with E-state index in [1.165, 1.54) is 24.5 Å². The summed E-state index contributed by atoms with van der Waals surface area (Å²) in [7, 11) is -3.77. The van der Waals surface area contributed by atoms with Gasteiger partial charge in [0.15, 0.2) is 0 Å². The van der Waals surface area contributed by atoms with Crippen LogP contribution in [0.5, 0.6) is 0 Å². The van der Waals surface area contributed by atoms with E-state index < -0.39 is 15.6 Å². The molecule has 0 spiro atoms. The molecule has 3 rings (SSSR count). The second-order valence-electron chi connectivity index (χ2n) is 8.91. The van der Waals surface area contributed by atoms with E-state index in [4.69, 9.17) is 27.7 Å². The molecule has 0 aliphatic heterocycles. The summed E-state index contributed by atoms with van der Waals surface area (Å²) < 4.78 is 35.1. The number of aromatic nitrogens is 1. The molecular weight excluding hydrogens is 454 g/mol. The predicted octanol–water partition coefficient (Wildman–Crippen LogP) is 3.27. The van der Waals surface area contributed by atoms with Gasteiger partial charge in [0.1, 0.15) is 5.60 Å². The van der Waals surface area contributed by atoms with Gasteiger partial charge in [0, 0.05) is 34.8 Å². The number of halogens is 1. The number of benzene rings is 1. The Morgan fingerprint density at radius 2 is 1.91 bits per heavy atom. The van der Waals surface area contributed by atoms with Gasteiger partial charge in [-0.05, 0) is 58.6 Å². The Balaban J connectivity index is 1.71. The summed E-state index contributed by atoms with van der Waals surface area (Å²) in [5.41, 5.74) is 5.28. The van der Waals surface area contributed by atoms with Gasteiger partial charge in [-0.3, -0.25) is 15.2 Å². The Morgan fingerprint density at radius 1 is 1.25 bits per heavy atom. The minimum absolute atomic E-state index is 0.0992. The number of carbonyl (C=O) groups is 1. The highest BCUT2D eigenvalue weighted by molar-refractivity contribution is 7.89. The van der Waals surface area contributed by atoms with Crippen LogP contribution in [0.15, 0.2) is 35.5 Å². The van der Waals surface area contributed by atoms with Gasteiger partial charge in [-0.25, -0.2) is 17.6 Å². The second kappa shape index (κ2) is 9.21. The highest BCUT2D eigenvalue weighted by Gasteiger charge is 2.32. The normalized spacial score (nSPS) is 19.5. The maximum Gasteiger partial charge on any atom is 0.309 e. The van der Waals surface area contributed by atoms with Gasteiger partial charge in [0.2, 0.25) is 16.0 Å². The van der Waals surface area contributed by atoms with E-state index in [1.54, 1.807) is 6.07 Å². The lowest BCUT2D eigenvalue weighted by Crippen LogP contribution is -2.39. The fraction of sp³-hybridized carbons (Fsp3) is 0.476. The molecule has 9 nitrogen and oxygen atoms in total. The van der Waals surface area contributed by atoms with Crippen molar-refractivity contribution in [1.82, 2.24) is 9.71 Å². The maximum absolute atomic E-state index is 13.0. The van der Waals surface area contributed by atoms with Crippen molar-refractivity contribution in [1.29, 1.82) is 5.41 Å². The number of pyridine rings is 1. The molecule has 11 heteroatoms. The van der Waals surface area contributed by atoms with Crippen LogP contribution in [0, 0.1) is 11.3 Å². The first-order chi connectivity index (χ1) is 14.9. The molecule has 4 N–H and O–H groups in total. The lowest BCUT2D eigenvalue weighted by molar-refractivity contribution is -0.161. The number of nitrogens with two attached hydrogens (primary N) is 1. The molecule has 32 heavy (non-hydrogen) atoms. The summed E-state index contributed by atoms with van der Waals surface area (Å²) in [5.74, 6) is -0.809. The van der Waals surface area contributed by atoms with Gasteiger partial charge in [0.25, 0.3) is 0 Å². The molecule has 1 aromatic carbocycles. The Kier molecular flexibility index (Phi) is 6.97. The Morgan fingerprint density at radius 3 is 2.50 bits per heavy atom. The van der Waals surface area contributed by atoms with Crippen molar-refractivity contribution in [3.8, 4) is 0 Å². The zero-order valence-electron chi connectivity index (χ0n) is 18.3. The van der Waals surface area contributed by atoms with Gasteiger partial charge in [0.05, 0.1) is 22.7 Å². The van der Waals surface area contributed by atoms with Crippen molar-refractivity contribution in [3.05, 3.63) is 30.6 Å². The molecule has 0 saturated heterocycles. The Hall–Kier alpha value is -2.43. The first kappa shape index (κ1) is 24.2. The number of rotatable bonds is 5. The van der Waals surface area contributed by atoms with E-state index in [0.29, 0.717) is 42.1 Å². The van der Waals surface area contributed by atoms with Gasteiger partial charge < -0.3 is 10.5 Å². The first-order valence-electron chi connectivity index (χ1n) is 10.3. The molecule has 0 atom stereocenters.